The molecule has 0 radical (unpaired) electrons. The molecule has 1 aliphatic rings. The highest BCUT2D eigenvalue weighted by Gasteiger charge is 2.26. The summed E-state index contributed by atoms with van der Waals surface area (Å²) in [5, 5.41) is 3.20. The van der Waals surface area contributed by atoms with Crippen molar-refractivity contribution in [3.8, 4) is 5.75 Å². The largest absolute Gasteiger partial charge is 0.497 e. The Morgan fingerprint density at radius 3 is 2.37 bits per heavy atom. The van der Waals surface area contributed by atoms with Crippen LogP contribution in [0.4, 0.5) is 8.78 Å². The van der Waals surface area contributed by atoms with E-state index < -0.39 is 11.6 Å². The second kappa shape index (κ2) is 6.33. The first-order valence-corrected chi connectivity index (χ1v) is 6.92. The molecule has 0 heterocycles. The third-order valence-electron chi connectivity index (χ3n) is 3.88. The minimum absolute atomic E-state index is 0.148. The first-order valence-electron chi connectivity index (χ1n) is 6.92. The number of ether oxygens (including phenoxy) is 1. The van der Waals surface area contributed by atoms with E-state index in [1.54, 1.807) is 0 Å². The molecule has 0 amide bonds. The Labute approximate surface area is 113 Å². The van der Waals surface area contributed by atoms with Crippen molar-refractivity contribution in [3.05, 3.63) is 29.3 Å². The fourth-order valence-electron chi connectivity index (χ4n) is 2.62. The Bertz CT molecular complexity index is 409. The van der Waals surface area contributed by atoms with E-state index in [4.69, 9.17) is 4.74 Å². The van der Waals surface area contributed by atoms with E-state index in [-0.39, 0.29) is 17.4 Å². The second-order valence-corrected chi connectivity index (χ2v) is 5.15. The Morgan fingerprint density at radius 2 is 1.95 bits per heavy atom. The van der Waals surface area contributed by atoms with Gasteiger partial charge in [0, 0.05) is 23.7 Å². The van der Waals surface area contributed by atoms with Crippen LogP contribution in [0, 0.1) is 17.6 Å². The van der Waals surface area contributed by atoms with Crippen molar-refractivity contribution in [3.63, 3.8) is 0 Å². The summed E-state index contributed by atoms with van der Waals surface area (Å²) in [5.74, 6) is -0.244. The van der Waals surface area contributed by atoms with Gasteiger partial charge in [-0.05, 0) is 18.9 Å². The van der Waals surface area contributed by atoms with Crippen LogP contribution >= 0.6 is 0 Å². The number of hydrogen-bond acceptors (Lipinski definition) is 2. The zero-order chi connectivity index (χ0) is 13.8. The quantitative estimate of drug-likeness (QED) is 0.847. The minimum Gasteiger partial charge on any atom is -0.497 e. The smallest absolute Gasteiger partial charge is 0.134 e. The molecular weight excluding hydrogens is 248 g/mol. The molecule has 1 N–H and O–H groups in total. The van der Waals surface area contributed by atoms with Crippen LogP contribution < -0.4 is 10.1 Å². The molecule has 1 unspecified atom stereocenters. The van der Waals surface area contributed by atoms with Gasteiger partial charge in [0.25, 0.3) is 0 Å². The summed E-state index contributed by atoms with van der Waals surface area (Å²) in [6.45, 7) is 2.65. The highest BCUT2D eigenvalue weighted by atomic mass is 19.1. The SMILES string of the molecule is CCNC(CC1CCC1)c1c(F)cc(OC)cc1F. The lowest BCUT2D eigenvalue weighted by Gasteiger charge is -2.30. The Kier molecular flexibility index (Phi) is 4.75. The summed E-state index contributed by atoms with van der Waals surface area (Å²) in [6.07, 6.45) is 4.37. The summed E-state index contributed by atoms with van der Waals surface area (Å²) in [6, 6.07) is 2.26. The normalized spacial score (nSPS) is 17.1. The maximum absolute atomic E-state index is 14.1. The topological polar surface area (TPSA) is 21.3 Å². The lowest BCUT2D eigenvalue weighted by molar-refractivity contribution is 0.257. The van der Waals surface area contributed by atoms with Gasteiger partial charge < -0.3 is 10.1 Å². The summed E-state index contributed by atoms with van der Waals surface area (Å²) >= 11 is 0. The summed E-state index contributed by atoms with van der Waals surface area (Å²) in [4.78, 5) is 0. The molecule has 1 atom stereocenters. The summed E-state index contributed by atoms with van der Waals surface area (Å²) in [5.41, 5.74) is 0.148. The van der Waals surface area contributed by atoms with Crippen LogP contribution in [0.25, 0.3) is 0 Å². The molecule has 1 saturated carbocycles. The number of methoxy groups -OCH3 is 1. The zero-order valence-corrected chi connectivity index (χ0v) is 11.5. The van der Waals surface area contributed by atoms with E-state index in [0.717, 1.165) is 6.42 Å². The highest BCUT2D eigenvalue weighted by Crippen LogP contribution is 2.36. The molecule has 0 aromatic heterocycles. The molecule has 1 aliphatic carbocycles. The van der Waals surface area contributed by atoms with Gasteiger partial charge in [-0.1, -0.05) is 26.2 Å². The van der Waals surface area contributed by atoms with Gasteiger partial charge in [0.05, 0.1) is 7.11 Å². The maximum atomic E-state index is 14.1. The monoisotopic (exact) mass is 269 g/mol. The Morgan fingerprint density at radius 1 is 1.32 bits per heavy atom. The number of rotatable bonds is 6. The third-order valence-corrected chi connectivity index (χ3v) is 3.88. The molecule has 1 aromatic carbocycles. The molecule has 0 saturated heterocycles. The van der Waals surface area contributed by atoms with Crippen molar-refractivity contribution < 1.29 is 13.5 Å². The molecule has 1 aromatic rings. The predicted octanol–water partition coefficient (Wildman–Crippen LogP) is 3.81. The fraction of sp³-hybridized carbons (Fsp3) is 0.600. The Hall–Kier alpha value is -1.16. The lowest BCUT2D eigenvalue weighted by Crippen LogP contribution is -2.27. The maximum Gasteiger partial charge on any atom is 0.134 e. The number of benzene rings is 1. The third kappa shape index (κ3) is 3.24. The van der Waals surface area contributed by atoms with E-state index in [2.05, 4.69) is 5.32 Å². The molecule has 106 valence electrons. The molecular formula is C15H21F2NO. The summed E-state index contributed by atoms with van der Waals surface area (Å²) in [7, 11) is 1.41. The van der Waals surface area contributed by atoms with E-state index in [1.807, 2.05) is 6.92 Å². The van der Waals surface area contributed by atoms with Crippen LogP contribution in [0.2, 0.25) is 0 Å². The molecule has 2 nitrogen and oxygen atoms in total. The van der Waals surface area contributed by atoms with E-state index in [1.165, 1.54) is 38.5 Å². The van der Waals surface area contributed by atoms with Crippen molar-refractivity contribution >= 4 is 0 Å². The molecule has 0 aliphatic heterocycles. The van der Waals surface area contributed by atoms with Gasteiger partial charge in [0.1, 0.15) is 17.4 Å². The van der Waals surface area contributed by atoms with Gasteiger partial charge >= 0.3 is 0 Å². The second-order valence-electron chi connectivity index (χ2n) is 5.15. The predicted molar refractivity (Wildman–Crippen MR) is 71.3 cm³/mol. The van der Waals surface area contributed by atoms with Gasteiger partial charge in [-0.25, -0.2) is 8.78 Å². The van der Waals surface area contributed by atoms with Crippen molar-refractivity contribution in [2.45, 2.75) is 38.6 Å². The van der Waals surface area contributed by atoms with Gasteiger partial charge in [0.15, 0.2) is 0 Å². The Balaban J connectivity index is 2.24. The van der Waals surface area contributed by atoms with E-state index in [9.17, 15) is 8.78 Å². The zero-order valence-electron chi connectivity index (χ0n) is 11.5. The van der Waals surface area contributed by atoms with Gasteiger partial charge in [-0.3, -0.25) is 0 Å². The van der Waals surface area contributed by atoms with Gasteiger partial charge in [-0.15, -0.1) is 0 Å². The van der Waals surface area contributed by atoms with Crippen molar-refractivity contribution in [2.24, 2.45) is 5.92 Å². The van der Waals surface area contributed by atoms with Crippen molar-refractivity contribution in [1.82, 2.24) is 5.32 Å². The van der Waals surface area contributed by atoms with E-state index in [0.29, 0.717) is 12.5 Å². The first kappa shape index (κ1) is 14.3. The lowest BCUT2D eigenvalue weighted by atomic mass is 9.79. The highest BCUT2D eigenvalue weighted by molar-refractivity contribution is 5.32. The van der Waals surface area contributed by atoms with Crippen LogP contribution in [0.15, 0.2) is 12.1 Å². The number of halogens is 2. The molecule has 2 rings (SSSR count). The van der Waals surface area contributed by atoms with E-state index >= 15 is 0 Å². The van der Waals surface area contributed by atoms with Crippen LogP contribution in [0.1, 0.15) is 44.2 Å². The van der Waals surface area contributed by atoms with Crippen molar-refractivity contribution in [1.29, 1.82) is 0 Å². The molecule has 0 spiro atoms. The van der Waals surface area contributed by atoms with Gasteiger partial charge in [0.2, 0.25) is 0 Å². The number of nitrogens with one attached hydrogen (secondary N) is 1. The standard InChI is InChI=1S/C15H21F2NO/c1-3-18-14(7-10-5-4-6-10)15-12(16)8-11(19-2)9-13(15)17/h8-10,14,18H,3-7H2,1-2H3. The minimum atomic E-state index is -0.526. The van der Waals surface area contributed by atoms with Crippen LogP contribution in [0.5, 0.6) is 5.75 Å². The van der Waals surface area contributed by atoms with Crippen LogP contribution in [0.3, 0.4) is 0 Å². The average Bonchev–Trinajstić information content (AvgIpc) is 2.32. The van der Waals surface area contributed by atoms with Crippen LogP contribution in [-0.2, 0) is 0 Å². The number of hydrogen-bond donors (Lipinski definition) is 1. The fourth-order valence-corrected chi connectivity index (χ4v) is 2.62. The molecule has 1 fully saturated rings. The van der Waals surface area contributed by atoms with Crippen molar-refractivity contribution in [2.75, 3.05) is 13.7 Å². The molecule has 4 heteroatoms. The average molecular weight is 269 g/mol. The van der Waals surface area contributed by atoms with Crippen LogP contribution in [-0.4, -0.2) is 13.7 Å². The molecule has 0 bridgehead atoms. The molecule has 19 heavy (non-hydrogen) atoms. The van der Waals surface area contributed by atoms with Gasteiger partial charge in [-0.2, -0.15) is 0 Å². The summed E-state index contributed by atoms with van der Waals surface area (Å²) < 4.78 is 33.1. The first-order chi connectivity index (χ1) is 9.15.